The molecule has 4 heterocycles. The summed E-state index contributed by atoms with van der Waals surface area (Å²) in [6, 6.07) is 12.2. The van der Waals surface area contributed by atoms with Crippen LogP contribution in [0.5, 0.6) is 6.01 Å². The van der Waals surface area contributed by atoms with Crippen LogP contribution >= 0.6 is 0 Å². The van der Waals surface area contributed by atoms with E-state index in [9.17, 15) is 10.1 Å². The van der Waals surface area contributed by atoms with Crippen LogP contribution in [0, 0.1) is 11.3 Å². The Morgan fingerprint density at radius 2 is 1.96 bits per heavy atom. The van der Waals surface area contributed by atoms with Crippen LogP contribution in [0.15, 0.2) is 36.4 Å². The second-order valence-corrected chi connectivity index (χ2v) is 13.3. The summed E-state index contributed by atoms with van der Waals surface area (Å²) in [4.78, 5) is 34.4. The predicted octanol–water partition coefficient (Wildman–Crippen LogP) is 3.31. The van der Waals surface area contributed by atoms with E-state index in [0.717, 1.165) is 56.7 Å². The molecule has 0 N–H and O–H groups in total. The van der Waals surface area contributed by atoms with Crippen molar-refractivity contribution in [3.63, 3.8) is 0 Å². The Kier molecular flexibility index (Phi) is 9.86. The second-order valence-electron chi connectivity index (χ2n) is 13.3. The second kappa shape index (κ2) is 14.2. The van der Waals surface area contributed by atoms with E-state index in [-0.39, 0.29) is 18.4 Å². The maximum atomic E-state index is 13.1. The molecule has 1 aromatic heterocycles. The third-order valence-corrected chi connectivity index (χ3v) is 9.99. The molecule has 0 bridgehead atoms. The van der Waals surface area contributed by atoms with Gasteiger partial charge in [0.1, 0.15) is 12.4 Å². The highest BCUT2D eigenvalue weighted by Crippen LogP contribution is 2.37. The number of hydrogen-bond acceptors (Lipinski definition) is 9. The number of para-hydroxylation sites is 1. The van der Waals surface area contributed by atoms with Gasteiger partial charge in [-0.25, -0.2) is 0 Å². The Bertz CT molecular complexity index is 1420. The SMILES string of the molecule is CN(C)C/C=C/C(=O)N1CCN(c2nc(OC[C@@H]3CCCN3C)nc3c2CC[C@@H](N2CCCc4ccccc42)C3)C[C@@H]1CC#N. The topological polar surface area (TPSA) is 92.1 Å². The van der Waals surface area contributed by atoms with Gasteiger partial charge < -0.3 is 29.2 Å². The van der Waals surface area contributed by atoms with Crippen molar-refractivity contribution in [2.45, 2.75) is 69.5 Å². The summed E-state index contributed by atoms with van der Waals surface area (Å²) in [5.74, 6) is 0.890. The minimum Gasteiger partial charge on any atom is -0.462 e. The van der Waals surface area contributed by atoms with Crippen molar-refractivity contribution in [1.82, 2.24) is 24.7 Å². The number of amides is 1. The van der Waals surface area contributed by atoms with Crippen LogP contribution in [0.4, 0.5) is 11.5 Å². The zero-order valence-electron chi connectivity index (χ0n) is 27.2. The summed E-state index contributed by atoms with van der Waals surface area (Å²) in [6.45, 7) is 5.22. The molecule has 3 aliphatic heterocycles. The van der Waals surface area contributed by atoms with E-state index < -0.39 is 0 Å². The van der Waals surface area contributed by atoms with Gasteiger partial charge in [-0.3, -0.25) is 4.79 Å². The Morgan fingerprint density at radius 1 is 1.09 bits per heavy atom. The predicted molar refractivity (Wildman–Crippen MR) is 177 cm³/mol. The molecule has 240 valence electrons. The van der Waals surface area contributed by atoms with E-state index in [4.69, 9.17) is 14.7 Å². The van der Waals surface area contributed by atoms with E-state index in [1.54, 1.807) is 6.08 Å². The van der Waals surface area contributed by atoms with Gasteiger partial charge in [0.25, 0.3) is 0 Å². The van der Waals surface area contributed by atoms with Gasteiger partial charge >= 0.3 is 6.01 Å². The lowest BCUT2D eigenvalue weighted by molar-refractivity contribution is -0.128. The lowest BCUT2D eigenvalue weighted by atomic mass is 9.88. The molecule has 3 atom stereocenters. The molecule has 1 aliphatic carbocycles. The maximum absolute atomic E-state index is 13.1. The minimum atomic E-state index is -0.205. The van der Waals surface area contributed by atoms with Crippen molar-refractivity contribution < 1.29 is 9.53 Å². The average molecular weight is 613 g/mol. The Labute approximate surface area is 268 Å². The largest absolute Gasteiger partial charge is 0.462 e. The van der Waals surface area contributed by atoms with Crippen molar-refractivity contribution in [1.29, 1.82) is 5.26 Å². The summed E-state index contributed by atoms with van der Waals surface area (Å²) in [5.41, 5.74) is 5.08. The number of likely N-dealkylation sites (N-methyl/N-ethyl adjacent to an activating group) is 2. The first-order valence-electron chi connectivity index (χ1n) is 16.7. The maximum Gasteiger partial charge on any atom is 0.318 e. The number of piperazine rings is 1. The van der Waals surface area contributed by atoms with Gasteiger partial charge in [-0.1, -0.05) is 24.3 Å². The first-order chi connectivity index (χ1) is 21.9. The number of carbonyl (C=O) groups is 1. The summed E-state index contributed by atoms with van der Waals surface area (Å²) in [5, 5.41) is 9.69. The molecule has 10 nitrogen and oxygen atoms in total. The molecule has 10 heteroatoms. The summed E-state index contributed by atoms with van der Waals surface area (Å²) < 4.78 is 6.36. The molecule has 0 spiro atoms. The molecule has 4 aliphatic rings. The highest BCUT2D eigenvalue weighted by Gasteiger charge is 2.35. The van der Waals surface area contributed by atoms with E-state index in [0.29, 0.717) is 50.9 Å². The van der Waals surface area contributed by atoms with Crippen LogP contribution in [-0.2, 0) is 24.1 Å². The van der Waals surface area contributed by atoms with Crippen LogP contribution in [0.3, 0.4) is 0 Å². The molecule has 2 saturated heterocycles. The fourth-order valence-corrected chi connectivity index (χ4v) is 7.53. The number of carbonyl (C=O) groups excluding carboxylic acids is 1. The first kappa shape index (κ1) is 31.3. The van der Waals surface area contributed by atoms with Gasteiger partial charge in [-0.15, -0.1) is 0 Å². The molecule has 1 amide bonds. The van der Waals surface area contributed by atoms with Crippen LogP contribution in [-0.4, -0.2) is 116 Å². The number of fused-ring (bicyclic) bond motifs is 2. The fraction of sp³-hybridized carbons (Fsp3) is 0.600. The highest BCUT2D eigenvalue weighted by atomic mass is 16.5. The number of ether oxygens (including phenoxy) is 1. The number of rotatable bonds is 9. The van der Waals surface area contributed by atoms with Crippen molar-refractivity contribution in [3.8, 4) is 12.1 Å². The Morgan fingerprint density at radius 3 is 2.76 bits per heavy atom. The number of likely N-dealkylation sites (tertiary alicyclic amines) is 1. The van der Waals surface area contributed by atoms with Crippen molar-refractivity contribution in [3.05, 3.63) is 53.2 Å². The molecule has 6 rings (SSSR count). The van der Waals surface area contributed by atoms with Gasteiger partial charge in [0.15, 0.2) is 0 Å². The van der Waals surface area contributed by atoms with E-state index in [2.05, 4.69) is 52.1 Å². The normalized spacial score (nSPS) is 23.7. The number of hydrogen-bond donors (Lipinski definition) is 0. The van der Waals surface area contributed by atoms with Crippen LogP contribution < -0.4 is 14.5 Å². The van der Waals surface area contributed by atoms with Crippen LogP contribution in [0.25, 0.3) is 0 Å². The zero-order valence-corrected chi connectivity index (χ0v) is 27.2. The fourth-order valence-electron chi connectivity index (χ4n) is 7.53. The molecule has 0 radical (unpaired) electrons. The smallest absolute Gasteiger partial charge is 0.318 e. The summed E-state index contributed by atoms with van der Waals surface area (Å²) in [6.07, 6.45) is 11.2. The van der Waals surface area contributed by atoms with Gasteiger partial charge in [0, 0.05) is 68.6 Å². The highest BCUT2D eigenvalue weighted by molar-refractivity contribution is 5.88. The monoisotopic (exact) mass is 612 g/mol. The number of nitrogens with zero attached hydrogens (tertiary/aromatic N) is 8. The van der Waals surface area contributed by atoms with Gasteiger partial charge in [-0.05, 0) is 77.8 Å². The molecule has 2 aromatic rings. The molecular formula is C35H48N8O2. The minimum absolute atomic E-state index is 0.0316. The summed E-state index contributed by atoms with van der Waals surface area (Å²) in [7, 11) is 6.12. The van der Waals surface area contributed by atoms with Gasteiger partial charge in [0.2, 0.25) is 5.91 Å². The van der Waals surface area contributed by atoms with Crippen LogP contribution in [0.1, 0.15) is 48.9 Å². The third kappa shape index (κ3) is 7.10. The number of anilines is 2. The van der Waals surface area contributed by atoms with Gasteiger partial charge in [0.05, 0.1) is 24.2 Å². The lowest BCUT2D eigenvalue weighted by Crippen LogP contribution is -2.55. The number of aryl methyl sites for hydroxylation is 1. The number of benzene rings is 1. The number of nitriles is 1. The molecular weight excluding hydrogens is 564 g/mol. The van der Waals surface area contributed by atoms with E-state index >= 15 is 0 Å². The molecule has 45 heavy (non-hydrogen) atoms. The first-order valence-corrected chi connectivity index (χ1v) is 16.7. The lowest BCUT2D eigenvalue weighted by Gasteiger charge is -2.43. The zero-order chi connectivity index (χ0) is 31.3. The quantitative estimate of drug-likeness (QED) is 0.396. The average Bonchev–Trinajstić information content (AvgIpc) is 3.47. The third-order valence-electron chi connectivity index (χ3n) is 9.99. The van der Waals surface area contributed by atoms with Crippen molar-refractivity contribution in [2.24, 2.45) is 0 Å². The molecule has 2 fully saturated rings. The standard InChI is InChI=1S/C35H48N8O2/c1-39(2)18-8-13-33(44)43-22-21-41(24-28(43)16-17-36)34-30-15-14-27(42-20-6-10-26-9-4-5-12-32(26)42)23-31(30)37-35(38-34)45-25-29-11-7-19-40(29)3/h4-5,8-9,12-13,27-29H,6-7,10-11,14-16,18-25H2,1-3H3/b13-8+/t27-,28+,29+/m1/s1. The molecule has 0 unspecified atom stereocenters. The van der Waals surface area contributed by atoms with Crippen molar-refractivity contribution >= 4 is 17.4 Å². The number of aromatic nitrogens is 2. The molecule has 0 saturated carbocycles. The van der Waals surface area contributed by atoms with Gasteiger partial charge in [-0.2, -0.15) is 15.2 Å². The Hall–Kier alpha value is -3.68. The van der Waals surface area contributed by atoms with Crippen LogP contribution in [0.2, 0.25) is 0 Å². The van der Waals surface area contributed by atoms with E-state index in [1.807, 2.05) is 30.0 Å². The summed E-state index contributed by atoms with van der Waals surface area (Å²) >= 11 is 0. The Balaban J connectivity index is 1.26. The molecule has 1 aromatic carbocycles. The van der Waals surface area contributed by atoms with Crippen molar-refractivity contribution in [2.75, 3.05) is 76.8 Å². The van der Waals surface area contributed by atoms with E-state index in [1.165, 1.54) is 29.7 Å².